The predicted octanol–water partition coefficient (Wildman–Crippen LogP) is 4.04. The molecule has 0 saturated heterocycles. The summed E-state index contributed by atoms with van der Waals surface area (Å²) in [5.74, 6) is 0.0608. The highest BCUT2D eigenvalue weighted by molar-refractivity contribution is 9.10. The molecule has 1 aliphatic heterocycles. The largest absolute Gasteiger partial charge is 0.376 e. The van der Waals surface area contributed by atoms with Crippen molar-refractivity contribution in [2.75, 3.05) is 11.1 Å². The van der Waals surface area contributed by atoms with Gasteiger partial charge in [-0.15, -0.1) is 0 Å². The van der Waals surface area contributed by atoms with Crippen molar-refractivity contribution in [3.05, 3.63) is 57.5 Å². The van der Waals surface area contributed by atoms with Gasteiger partial charge in [-0.25, -0.2) is 8.42 Å². The maximum absolute atomic E-state index is 12.1. The van der Waals surface area contributed by atoms with Crippen molar-refractivity contribution >= 4 is 43.1 Å². The fourth-order valence-corrected chi connectivity index (χ4v) is 4.66. The molecule has 1 atom stereocenters. The zero-order valence-corrected chi connectivity index (χ0v) is 13.5. The van der Waals surface area contributed by atoms with Gasteiger partial charge in [0.15, 0.2) is 9.84 Å². The number of hydrogen-bond donors (Lipinski definition) is 1. The molecule has 0 aromatic heterocycles. The average Bonchev–Trinajstić information content (AvgIpc) is 2.67. The van der Waals surface area contributed by atoms with Crippen LogP contribution in [-0.2, 0) is 9.84 Å². The van der Waals surface area contributed by atoms with Crippen LogP contribution in [0.15, 0.2) is 51.8 Å². The summed E-state index contributed by atoms with van der Waals surface area (Å²) in [7, 11) is -3.21. The summed E-state index contributed by atoms with van der Waals surface area (Å²) in [6, 6.07) is 12.3. The van der Waals surface area contributed by atoms with E-state index < -0.39 is 9.84 Å². The Morgan fingerprint density at radius 1 is 1.15 bits per heavy atom. The normalized spacial score (nSPS) is 19.6. The van der Waals surface area contributed by atoms with E-state index in [0.717, 1.165) is 15.7 Å². The molecule has 104 valence electrons. The van der Waals surface area contributed by atoms with Crippen LogP contribution in [0.4, 0.5) is 5.69 Å². The lowest BCUT2D eigenvalue weighted by atomic mass is 10.1. The van der Waals surface area contributed by atoms with Crippen molar-refractivity contribution < 1.29 is 8.42 Å². The first kappa shape index (κ1) is 13.9. The van der Waals surface area contributed by atoms with Crippen LogP contribution in [0.3, 0.4) is 0 Å². The number of rotatable bonds is 2. The molecule has 1 aliphatic rings. The van der Waals surface area contributed by atoms with E-state index in [1.807, 2.05) is 24.3 Å². The fraction of sp³-hybridized carbons (Fsp3) is 0.143. The van der Waals surface area contributed by atoms with Gasteiger partial charge < -0.3 is 5.32 Å². The van der Waals surface area contributed by atoms with E-state index in [1.165, 1.54) is 0 Å². The van der Waals surface area contributed by atoms with Crippen molar-refractivity contribution in [1.29, 1.82) is 0 Å². The first-order valence-electron chi connectivity index (χ1n) is 6.01. The number of anilines is 1. The second-order valence-electron chi connectivity index (χ2n) is 4.62. The van der Waals surface area contributed by atoms with Gasteiger partial charge in [0.2, 0.25) is 0 Å². The molecule has 1 heterocycles. The molecular formula is C14H11BrClNO2S. The Morgan fingerprint density at radius 3 is 2.70 bits per heavy atom. The smallest absolute Gasteiger partial charge is 0.181 e. The monoisotopic (exact) mass is 371 g/mol. The molecular weight excluding hydrogens is 362 g/mol. The lowest BCUT2D eigenvalue weighted by Gasteiger charge is -2.16. The average molecular weight is 373 g/mol. The van der Waals surface area contributed by atoms with Gasteiger partial charge in [0.1, 0.15) is 0 Å². The minimum Gasteiger partial charge on any atom is -0.376 e. The third-order valence-electron chi connectivity index (χ3n) is 3.30. The van der Waals surface area contributed by atoms with Crippen molar-refractivity contribution in [2.45, 2.75) is 10.9 Å². The molecule has 0 aliphatic carbocycles. The van der Waals surface area contributed by atoms with E-state index in [0.29, 0.717) is 9.92 Å². The Morgan fingerprint density at radius 2 is 1.90 bits per heavy atom. The van der Waals surface area contributed by atoms with Crippen LogP contribution in [0, 0.1) is 0 Å². The van der Waals surface area contributed by atoms with Gasteiger partial charge in [0, 0.05) is 0 Å². The summed E-state index contributed by atoms with van der Waals surface area (Å²) >= 11 is 9.46. The van der Waals surface area contributed by atoms with Crippen LogP contribution >= 0.6 is 27.5 Å². The lowest BCUT2D eigenvalue weighted by molar-refractivity contribution is 0.598. The van der Waals surface area contributed by atoms with Crippen molar-refractivity contribution in [2.24, 2.45) is 0 Å². The minimum absolute atomic E-state index is 0.0608. The molecule has 2 aromatic carbocycles. The summed E-state index contributed by atoms with van der Waals surface area (Å²) in [6.45, 7) is 0. The molecule has 0 bridgehead atoms. The summed E-state index contributed by atoms with van der Waals surface area (Å²) in [5.41, 5.74) is 1.59. The van der Waals surface area contributed by atoms with Gasteiger partial charge in [-0.1, -0.05) is 35.9 Å². The van der Waals surface area contributed by atoms with Gasteiger partial charge in [0.05, 0.1) is 31.9 Å². The highest BCUT2D eigenvalue weighted by atomic mass is 79.9. The van der Waals surface area contributed by atoms with Crippen molar-refractivity contribution in [3.8, 4) is 0 Å². The highest BCUT2D eigenvalue weighted by Gasteiger charge is 2.34. The molecule has 2 aromatic rings. The van der Waals surface area contributed by atoms with Crippen LogP contribution in [0.1, 0.15) is 11.6 Å². The summed E-state index contributed by atoms with van der Waals surface area (Å²) in [5, 5.41) is 3.84. The topological polar surface area (TPSA) is 46.2 Å². The molecule has 3 nitrogen and oxygen atoms in total. The standard InChI is InChI=1S/C14H11BrClNO2S/c15-14-10(16)5-3-6-11(14)17-12-8-20(18,19)13-7-2-1-4-9(12)13/h1-7,12,17H,8H2. The summed E-state index contributed by atoms with van der Waals surface area (Å²) < 4.78 is 25.0. The first-order chi connectivity index (χ1) is 9.49. The minimum atomic E-state index is -3.21. The van der Waals surface area contributed by atoms with Crippen LogP contribution in [0.2, 0.25) is 5.02 Å². The molecule has 0 saturated carbocycles. The number of fused-ring (bicyclic) bond motifs is 1. The Labute approximate surface area is 131 Å². The Kier molecular flexibility index (Phi) is 3.52. The van der Waals surface area contributed by atoms with Crippen LogP contribution in [-0.4, -0.2) is 14.2 Å². The van der Waals surface area contributed by atoms with E-state index in [2.05, 4.69) is 21.2 Å². The van der Waals surface area contributed by atoms with Gasteiger partial charge in [-0.2, -0.15) is 0 Å². The Hall–Kier alpha value is -1.04. The van der Waals surface area contributed by atoms with Gasteiger partial charge in [-0.05, 0) is 39.7 Å². The Balaban J connectivity index is 2.00. The lowest BCUT2D eigenvalue weighted by Crippen LogP contribution is -2.13. The van der Waals surface area contributed by atoms with E-state index in [1.54, 1.807) is 18.2 Å². The number of benzene rings is 2. The van der Waals surface area contributed by atoms with Gasteiger partial charge in [0.25, 0.3) is 0 Å². The van der Waals surface area contributed by atoms with E-state index >= 15 is 0 Å². The molecule has 0 fully saturated rings. The van der Waals surface area contributed by atoms with Crippen molar-refractivity contribution in [1.82, 2.24) is 0 Å². The predicted molar refractivity (Wildman–Crippen MR) is 84.0 cm³/mol. The molecule has 20 heavy (non-hydrogen) atoms. The number of nitrogens with one attached hydrogen (secondary N) is 1. The Bertz CT molecular complexity index is 776. The SMILES string of the molecule is O=S1(=O)CC(Nc2cccc(Cl)c2Br)c2ccccc21. The van der Waals surface area contributed by atoms with E-state index in [9.17, 15) is 8.42 Å². The second-order valence-corrected chi connectivity index (χ2v) is 7.82. The second kappa shape index (κ2) is 5.06. The van der Waals surface area contributed by atoms with Crippen LogP contribution < -0.4 is 5.32 Å². The summed E-state index contributed by atoms with van der Waals surface area (Å²) in [6.07, 6.45) is 0. The molecule has 6 heteroatoms. The first-order valence-corrected chi connectivity index (χ1v) is 8.83. The summed E-state index contributed by atoms with van der Waals surface area (Å²) in [4.78, 5) is 0.413. The number of hydrogen-bond acceptors (Lipinski definition) is 3. The fourth-order valence-electron chi connectivity index (χ4n) is 2.37. The number of sulfone groups is 1. The third kappa shape index (κ3) is 2.34. The molecule has 1 N–H and O–H groups in total. The highest BCUT2D eigenvalue weighted by Crippen LogP contribution is 2.38. The third-order valence-corrected chi connectivity index (χ3v) is 6.51. The molecule has 0 spiro atoms. The zero-order chi connectivity index (χ0) is 14.3. The maximum Gasteiger partial charge on any atom is 0.181 e. The molecule has 0 radical (unpaired) electrons. The van der Waals surface area contributed by atoms with E-state index in [-0.39, 0.29) is 11.8 Å². The van der Waals surface area contributed by atoms with Crippen LogP contribution in [0.5, 0.6) is 0 Å². The molecule has 3 rings (SSSR count). The van der Waals surface area contributed by atoms with Crippen LogP contribution in [0.25, 0.3) is 0 Å². The van der Waals surface area contributed by atoms with Crippen molar-refractivity contribution in [3.63, 3.8) is 0 Å². The maximum atomic E-state index is 12.1. The molecule has 1 unspecified atom stereocenters. The molecule has 0 amide bonds. The quantitative estimate of drug-likeness (QED) is 0.865. The zero-order valence-electron chi connectivity index (χ0n) is 10.3. The van der Waals surface area contributed by atoms with Gasteiger partial charge in [-0.3, -0.25) is 0 Å². The number of halogens is 2. The van der Waals surface area contributed by atoms with Gasteiger partial charge >= 0.3 is 0 Å². The van der Waals surface area contributed by atoms with E-state index in [4.69, 9.17) is 11.6 Å².